The third-order valence-corrected chi connectivity index (χ3v) is 4.91. The number of nitrogens with one attached hydrogen (secondary N) is 1. The van der Waals surface area contributed by atoms with E-state index in [1.807, 2.05) is 6.07 Å². The number of aromatic hydroxyl groups is 2. The molecule has 0 unspecified atom stereocenters. The molecule has 0 radical (unpaired) electrons. The molecule has 1 heterocycles. The Morgan fingerprint density at radius 3 is 2.67 bits per heavy atom. The van der Waals surface area contributed by atoms with E-state index in [0.29, 0.717) is 17.9 Å². The van der Waals surface area contributed by atoms with Crippen molar-refractivity contribution in [1.29, 1.82) is 0 Å². The van der Waals surface area contributed by atoms with Crippen LogP contribution in [0.1, 0.15) is 34.3 Å². The zero-order chi connectivity index (χ0) is 19.2. The Morgan fingerprint density at radius 2 is 1.93 bits per heavy atom. The Hall–Kier alpha value is -2.73. The van der Waals surface area contributed by atoms with Gasteiger partial charge in [-0.25, -0.2) is 0 Å². The summed E-state index contributed by atoms with van der Waals surface area (Å²) in [5.41, 5.74) is 2.94. The number of methoxy groups -OCH3 is 1. The van der Waals surface area contributed by atoms with Gasteiger partial charge in [0.1, 0.15) is 5.75 Å². The molecule has 6 heteroatoms. The van der Waals surface area contributed by atoms with E-state index in [1.54, 1.807) is 25.3 Å². The molecular formula is C21H26N2O4. The standard InChI is InChI=1S/C21H26N2O4/c1-27-20-13-16-8-11-23(14-17(16)12-19(20)25)10-3-2-9-22-21(26)15-4-6-18(24)7-5-15/h4-7,12-13,24-25H,2-3,8-11,14H2,1H3,(H,22,26). The maximum Gasteiger partial charge on any atom is 0.251 e. The first kappa shape index (κ1) is 19.0. The summed E-state index contributed by atoms with van der Waals surface area (Å²) < 4.78 is 5.18. The number of benzene rings is 2. The number of amides is 1. The van der Waals surface area contributed by atoms with E-state index >= 15 is 0 Å². The van der Waals surface area contributed by atoms with Crippen molar-refractivity contribution in [2.24, 2.45) is 0 Å². The average molecular weight is 370 g/mol. The molecule has 0 aliphatic carbocycles. The lowest BCUT2D eigenvalue weighted by Gasteiger charge is -2.29. The Bertz CT molecular complexity index is 790. The van der Waals surface area contributed by atoms with E-state index in [-0.39, 0.29) is 17.4 Å². The van der Waals surface area contributed by atoms with Gasteiger partial charge in [-0.3, -0.25) is 9.69 Å². The van der Waals surface area contributed by atoms with Gasteiger partial charge in [-0.15, -0.1) is 0 Å². The number of hydrogen-bond acceptors (Lipinski definition) is 5. The van der Waals surface area contributed by atoms with Gasteiger partial charge >= 0.3 is 0 Å². The lowest BCUT2D eigenvalue weighted by atomic mass is 9.98. The molecular weight excluding hydrogens is 344 g/mol. The average Bonchev–Trinajstić information content (AvgIpc) is 2.67. The number of rotatable bonds is 7. The first-order chi connectivity index (χ1) is 13.1. The van der Waals surface area contributed by atoms with Crippen LogP contribution >= 0.6 is 0 Å². The van der Waals surface area contributed by atoms with Crippen molar-refractivity contribution in [3.05, 3.63) is 53.1 Å². The Kier molecular flexibility index (Phi) is 6.19. The minimum absolute atomic E-state index is 0.119. The number of unbranched alkanes of at least 4 members (excludes halogenated alkanes) is 1. The van der Waals surface area contributed by atoms with Crippen molar-refractivity contribution in [3.8, 4) is 17.2 Å². The van der Waals surface area contributed by atoms with Crippen LogP contribution in [-0.2, 0) is 13.0 Å². The summed E-state index contributed by atoms with van der Waals surface area (Å²) in [5.74, 6) is 0.759. The fraction of sp³-hybridized carbons (Fsp3) is 0.381. The Labute approximate surface area is 159 Å². The van der Waals surface area contributed by atoms with E-state index in [2.05, 4.69) is 10.2 Å². The summed E-state index contributed by atoms with van der Waals surface area (Å²) in [4.78, 5) is 14.4. The number of phenols is 2. The number of carbonyl (C=O) groups excluding carboxylic acids is 1. The molecule has 1 aliphatic heterocycles. The smallest absolute Gasteiger partial charge is 0.251 e. The predicted molar refractivity (Wildman–Crippen MR) is 103 cm³/mol. The van der Waals surface area contributed by atoms with Crippen molar-refractivity contribution in [2.75, 3.05) is 26.7 Å². The van der Waals surface area contributed by atoms with Gasteiger partial charge in [0.25, 0.3) is 5.91 Å². The normalized spacial score (nSPS) is 13.8. The third-order valence-electron chi connectivity index (χ3n) is 4.91. The quantitative estimate of drug-likeness (QED) is 0.653. The molecule has 6 nitrogen and oxygen atoms in total. The summed E-state index contributed by atoms with van der Waals surface area (Å²) in [6.07, 6.45) is 2.85. The zero-order valence-electron chi connectivity index (χ0n) is 15.6. The molecule has 0 bridgehead atoms. The van der Waals surface area contributed by atoms with E-state index in [1.165, 1.54) is 17.7 Å². The molecule has 2 aromatic carbocycles. The molecule has 144 valence electrons. The molecule has 0 saturated carbocycles. The topological polar surface area (TPSA) is 82.0 Å². The van der Waals surface area contributed by atoms with Gasteiger partial charge in [-0.2, -0.15) is 0 Å². The maximum atomic E-state index is 12.0. The first-order valence-electron chi connectivity index (χ1n) is 9.25. The van der Waals surface area contributed by atoms with Crippen molar-refractivity contribution in [1.82, 2.24) is 10.2 Å². The Balaban J connectivity index is 1.39. The number of hydrogen-bond donors (Lipinski definition) is 3. The zero-order valence-corrected chi connectivity index (χ0v) is 15.6. The minimum Gasteiger partial charge on any atom is -0.508 e. The van der Waals surface area contributed by atoms with Crippen molar-refractivity contribution in [2.45, 2.75) is 25.8 Å². The van der Waals surface area contributed by atoms with Gasteiger partial charge in [0.2, 0.25) is 0 Å². The molecule has 0 fully saturated rings. The van der Waals surface area contributed by atoms with Gasteiger partial charge in [-0.05, 0) is 73.3 Å². The molecule has 0 aromatic heterocycles. The summed E-state index contributed by atoms with van der Waals surface area (Å²) in [6.45, 7) is 3.40. The second-order valence-electron chi connectivity index (χ2n) is 6.83. The summed E-state index contributed by atoms with van der Waals surface area (Å²) in [7, 11) is 1.57. The van der Waals surface area contributed by atoms with Crippen LogP contribution in [0.5, 0.6) is 17.2 Å². The first-order valence-corrected chi connectivity index (χ1v) is 9.25. The van der Waals surface area contributed by atoms with Gasteiger partial charge < -0.3 is 20.3 Å². The van der Waals surface area contributed by atoms with Crippen LogP contribution in [0.3, 0.4) is 0 Å². The lowest BCUT2D eigenvalue weighted by molar-refractivity contribution is 0.0952. The number of nitrogens with zero attached hydrogens (tertiary/aromatic N) is 1. The number of fused-ring (bicyclic) bond motifs is 1. The van der Waals surface area contributed by atoms with Crippen LogP contribution in [0.15, 0.2) is 36.4 Å². The van der Waals surface area contributed by atoms with Crippen molar-refractivity contribution >= 4 is 5.91 Å². The third kappa shape index (κ3) is 4.92. The van der Waals surface area contributed by atoms with Crippen LogP contribution < -0.4 is 10.1 Å². The predicted octanol–water partition coefficient (Wildman–Crippen LogP) is 2.67. The van der Waals surface area contributed by atoms with Crippen LogP contribution in [0.4, 0.5) is 0 Å². The molecule has 0 atom stereocenters. The van der Waals surface area contributed by atoms with Crippen molar-refractivity contribution in [3.63, 3.8) is 0 Å². The number of carbonyl (C=O) groups is 1. The van der Waals surface area contributed by atoms with Crippen LogP contribution in [0.2, 0.25) is 0 Å². The summed E-state index contributed by atoms with van der Waals surface area (Å²) in [5, 5.41) is 22.1. The van der Waals surface area contributed by atoms with Crippen LogP contribution in [-0.4, -0.2) is 47.8 Å². The molecule has 3 rings (SSSR count). The second kappa shape index (κ2) is 8.77. The van der Waals surface area contributed by atoms with E-state index in [0.717, 1.165) is 44.5 Å². The SMILES string of the molecule is COc1cc2c(cc1O)CN(CCCCNC(=O)c1ccc(O)cc1)CC2. The molecule has 1 aliphatic rings. The van der Waals surface area contributed by atoms with Crippen molar-refractivity contribution < 1.29 is 19.7 Å². The van der Waals surface area contributed by atoms with Gasteiger partial charge in [-0.1, -0.05) is 0 Å². The monoisotopic (exact) mass is 370 g/mol. The van der Waals surface area contributed by atoms with E-state index in [4.69, 9.17) is 4.74 Å². The second-order valence-corrected chi connectivity index (χ2v) is 6.83. The van der Waals surface area contributed by atoms with E-state index in [9.17, 15) is 15.0 Å². The summed E-state index contributed by atoms with van der Waals surface area (Å²) >= 11 is 0. The minimum atomic E-state index is -0.119. The van der Waals surface area contributed by atoms with Gasteiger partial charge in [0.15, 0.2) is 11.5 Å². The summed E-state index contributed by atoms with van der Waals surface area (Å²) in [6, 6.07) is 9.98. The highest BCUT2D eigenvalue weighted by atomic mass is 16.5. The maximum absolute atomic E-state index is 12.0. The molecule has 1 amide bonds. The number of ether oxygens (including phenoxy) is 1. The fourth-order valence-electron chi connectivity index (χ4n) is 3.36. The lowest BCUT2D eigenvalue weighted by Crippen LogP contribution is -2.32. The molecule has 27 heavy (non-hydrogen) atoms. The number of phenolic OH excluding ortho intramolecular Hbond substituents is 2. The van der Waals surface area contributed by atoms with Gasteiger partial charge in [0, 0.05) is 25.2 Å². The van der Waals surface area contributed by atoms with Crippen LogP contribution in [0.25, 0.3) is 0 Å². The highest BCUT2D eigenvalue weighted by Gasteiger charge is 2.18. The molecule has 2 aromatic rings. The Morgan fingerprint density at radius 1 is 1.15 bits per heavy atom. The highest BCUT2D eigenvalue weighted by molar-refractivity contribution is 5.94. The fourth-order valence-corrected chi connectivity index (χ4v) is 3.36. The highest BCUT2D eigenvalue weighted by Crippen LogP contribution is 2.32. The molecule has 0 spiro atoms. The van der Waals surface area contributed by atoms with E-state index < -0.39 is 0 Å². The van der Waals surface area contributed by atoms with Crippen LogP contribution in [0, 0.1) is 0 Å². The molecule has 0 saturated heterocycles. The molecule has 3 N–H and O–H groups in total. The largest absolute Gasteiger partial charge is 0.508 e. The van der Waals surface area contributed by atoms with Gasteiger partial charge in [0.05, 0.1) is 7.11 Å².